The largest absolute Gasteiger partial charge is 0.497 e. The van der Waals surface area contributed by atoms with Gasteiger partial charge in [0.25, 0.3) is 0 Å². The molecule has 5 nitrogen and oxygen atoms in total. The topological polar surface area (TPSA) is 44.4 Å². The van der Waals surface area contributed by atoms with Gasteiger partial charge in [0.15, 0.2) is 0 Å². The average Bonchev–Trinajstić information content (AvgIpc) is 3.04. The molecule has 1 aromatic heterocycles. The number of ether oxygens (including phenoxy) is 1. The molecule has 6 heteroatoms. The van der Waals surface area contributed by atoms with E-state index in [0.29, 0.717) is 0 Å². The number of methoxy groups -OCH3 is 1. The van der Waals surface area contributed by atoms with Gasteiger partial charge in [0.05, 0.1) is 18.3 Å². The number of aromatic nitrogens is 2. The molecule has 0 unspecified atom stereocenters. The van der Waals surface area contributed by atoms with Gasteiger partial charge in [0, 0.05) is 43.8 Å². The van der Waals surface area contributed by atoms with Crippen LogP contribution in [-0.2, 0) is 6.54 Å². The van der Waals surface area contributed by atoms with Crippen molar-refractivity contribution in [3.05, 3.63) is 54.0 Å². The second kappa shape index (κ2) is 6.72. The van der Waals surface area contributed by atoms with Crippen molar-refractivity contribution in [3.63, 3.8) is 0 Å². The third-order valence-electron chi connectivity index (χ3n) is 4.79. The first kappa shape index (κ1) is 15.9. The summed E-state index contributed by atoms with van der Waals surface area (Å²) in [4.78, 5) is 4.77. The van der Waals surface area contributed by atoms with Gasteiger partial charge in [-0.2, -0.15) is 5.10 Å². The van der Waals surface area contributed by atoms with Gasteiger partial charge in [0.1, 0.15) is 11.6 Å². The van der Waals surface area contributed by atoms with Crippen LogP contribution in [0, 0.1) is 5.82 Å². The van der Waals surface area contributed by atoms with Crippen LogP contribution in [0.3, 0.4) is 0 Å². The van der Waals surface area contributed by atoms with E-state index in [1.807, 2.05) is 12.1 Å². The van der Waals surface area contributed by atoms with E-state index in [1.165, 1.54) is 17.8 Å². The Labute approximate surface area is 146 Å². The average molecular weight is 340 g/mol. The van der Waals surface area contributed by atoms with Gasteiger partial charge in [-0.05, 0) is 42.5 Å². The van der Waals surface area contributed by atoms with E-state index in [1.54, 1.807) is 13.2 Å². The van der Waals surface area contributed by atoms with E-state index in [-0.39, 0.29) is 5.82 Å². The SMILES string of the molecule is COc1ccc(N2CCN(Cc3n[nH]c4cc(F)ccc34)CC2)cc1. The molecule has 1 saturated heterocycles. The van der Waals surface area contributed by atoms with Crippen molar-refractivity contribution in [2.45, 2.75) is 6.54 Å². The molecule has 0 atom stereocenters. The summed E-state index contributed by atoms with van der Waals surface area (Å²) < 4.78 is 18.5. The fourth-order valence-corrected chi connectivity index (χ4v) is 3.34. The fourth-order valence-electron chi connectivity index (χ4n) is 3.34. The molecule has 1 N–H and O–H groups in total. The quantitative estimate of drug-likeness (QED) is 0.793. The Morgan fingerprint density at radius 2 is 1.84 bits per heavy atom. The maximum absolute atomic E-state index is 13.3. The van der Waals surface area contributed by atoms with E-state index in [4.69, 9.17) is 4.74 Å². The third-order valence-corrected chi connectivity index (χ3v) is 4.79. The Kier molecular flexibility index (Phi) is 4.28. The summed E-state index contributed by atoms with van der Waals surface area (Å²) in [5, 5.41) is 8.29. The monoisotopic (exact) mass is 340 g/mol. The number of fused-ring (bicyclic) bond motifs is 1. The van der Waals surface area contributed by atoms with Crippen LogP contribution in [0.2, 0.25) is 0 Å². The summed E-state index contributed by atoms with van der Waals surface area (Å²) in [5.41, 5.74) is 2.96. The number of hydrogen-bond acceptors (Lipinski definition) is 4. The highest BCUT2D eigenvalue weighted by Gasteiger charge is 2.19. The standard InChI is InChI=1S/C19H21FN4O/c1-25-16-5-3-15(4-6-16)24-10-8-23(9-11-24)13-19-17-7-2-14(20)12-18(17)21-22-19/h2-7,12H,8-11,13H2,1H3,(H,21,22). The summed E-state index contributed by atoms with van der Waals surface area (Å²) >= 11 is 0. The lowest BCUT2D eigenvalue weighted by Crippen LogP contribution is -2.46. The number of benzene rings is 2. The predicted octanol–water partition coefficient (Wildman–Crippen LogP) is 3.03. The molecular formula is C19H21FN4O. The van der Waals surface area contributed by atoms with Crippen LogP contribution in [0.25, 0.3) is 10.9 Å². The van der Waals surface area contributed by atoms with Gasteiger partial charge < -0.3 is 9.64 Å². The number of hydrogen-bond donors (Lipinski definition) is 1. The zero-order valence-corrected chi connectivity index (χ0v) is 14.2. The Balaban J connectivity index is 1.39. The first-order valence-corrected chi connectivity index (χ1v) is 8.47. The van der Waals surface area contributed by atoms with Crippen molar-refractivity contribution in [1.29, 1.82) is 0 Å². The molecule has 0 radical (unpaired) electrons. The van der Waals surface area contributed by atoms with Crippen molar-refractivity contribution in [3.8, 4) is 5.75 Å². The Morgan fingerprint density at radius 3 is 2.56 bits per heavy atom. The molecule has 0 saturated carbocycles. The van der Waals surface area contributed by atoms with Crippen molar-refractivity contribution in [2.24, 2.45) is 0 Å². The summed E-state index contributed by atoms with van der Waals surface area (Å²) in [5.74, 6) is 0.639. The maximum Gasteiger partial charge on any atom is 0.125 e. The van der Waals surface area contributed by atoms with E-state index >= 15 is 0 Å². The lowest BCUT2D eigenvalue weighted by Gasteiger charge is -2.35. The number of H-pyrrole nitrogens is 1. The minimum atomic E-state index is -0.240. The summed E-state index contributed by atoms with van der Waals surface area (Å²) in [6.07, 6.45) is 0. The van der Waals surface area contributed by atoms with E-state index < -0.39 is 0 Å². The van der Waals surface area contributed by atoms with Crippen LogP contribution < -0.4 is 9.64 Å². The normalized spacial score (nSPS) is 15.7. The molecule has 2 heterocycles. The number of rotatable bonds is 4. The van der Waals surface area contributed by atoms with Crippen LogP contribution in [-0.4, -0.2) is 48.4 Å². The van der Waals surface area contributed by atoms with Crippen LogP contribution in [0.15, 0.2) is 42.5 Å². The fraction of sp³-hybridized carbons (Fsp3) is 0.316. The molecule has 1 aliphatic rings. The van der Waals surface area contributed by atoms with Gasteiger partial charge in [-0.15, -0.1) is 0 Å². The van der Waals surface area contributed by atoms with Gasteiger partial charge in [-0.1, -0.05) is 0 Å². The highest BCUT2D eigenvalue weighted by molar-refractivity contribution is 5.81. The van der Waals surface area contributed by atoms with Crippen LogP contribution in [0.4, 0.5) is 10.1 Å². The molecule has 1 aliphatic heterocycles. The molecule has 0 amide bonds. The molecular weight excluding hydrogens is 319 g/mol. The number of aromatic amines is 1. The lowest BCUT2D eigenvalue weighted by atomic mass is 10.2. The van der Waals surface area contributed by atoms with Gasteiger partial charge in [-0.25, -0.2) is 4.39 Å². The number of nitrogens with zero attached hydrogens (tertiary/aromatic N) is 3. The first-order valence-electron chi connectivity index (χ1n) is 8.47. The van der Waals surface area contributed by atoms with E-state index in [9.17, 15) is 4.39 Å². The molecule has 2 aromatic carbocycles. The zero-order valence-electron chi connectivity index (χ0n) is 14.2. The summed E-state index contributed by atoms with van der Waals surface area (Å²) in [6, 6.07) is 13.0. The summed E-state index contributed by atoms with van der Waals surface area (Å²) in [7, 11) is 1.68. The molecule has 130 valence electrons. The lowest BCUT2D eigenvalue weighted by molar-refractivity contribution is 0.248. The number of nitrogens with one attached hydrogen (secondary N) is 1. The van der Waals surface area contributed by atoms with Gasteiger partial charge in [-0.3, -0.25) is 10.00 Å². The number of piperazine rings is 1. The van der Waals surface area contributed by atoms with Gasteiger partial charge in [0.2, 0.25) is 0 Å². The van der Waals surface area contributed by atoms with Crippen molar-refractivity contribution < 1.29 is 9.13 Å². The smallest absolute Gasteiger partial charge is 0.125 e. The van der Waals surface area contributed by atoms with Crippen LogP contribution in [0.5, 0.6) is 5.75 Å². The third kappa shape index (κ3) is 3.30. The maximum atomic E-state index is 13.3. The zero-order chi connectivity index (χ0) is 17.2. The Hall–Kier alpha value is -2.60. The van der Waals surface area contributed by atoms with Crippen molar-refractivity contribution >= 4 is 16.6 Å². The molecule has 3 aromatic rings. The van der Waals surface area contributed by atoms with Crippen LogP contribution in [0.1, 0.15) is 5.69 Å². The highest BCUT2D eigenvalue weighted by atomic mass is 19.1. The predicted molar refractivity (Wildman–Crippen MR) is 96.5 cm³/mol. The molecule has 0 bridgehead atoms. The van der Waals surface area contributed by atoms with Gasteiger partial charge >= 0.3 is 0 Å². The summed E-state index contributed by atoms with van der Waals surface area (Å²) in [6.45, 7) is 4.68. The molecule has 0 spiro atoms. The molecule has 4 rings (SSSR count). The number of halogens is 1. The molecule has 25 heavy (non-hydrogen) atoms. The van der Waals surface area contributed by atoms with E-state index in [0.717, 1.165) is 55.1 Å². The van der Waals surface area contributed by atoms with Crippen molar-refractivity contribution in [1.82, 2.24) is 15.1 Å². The molecule has 1 fully saturated rings. The van der Waals surface area contributed by atoms with Crippen molar-refractivity contribution in [2.75, 3.05) is 38.2 Å². The van der Waals surface area contributed by atoms with Crippen LogP contribution >= 0.6 is 0 Å². The highest BCUT2D eigenvalue weighted by Crippen LogP contribution is 2.22. The Bertz CT molecular complexity index is 853. The Morgan fingerprint density at radius 1 is 1.08 bits per heavy atom. The first-order chi connectivity index (χ1) is 12.2. The number of anilines is 1. The second-order valence-electron chi connectivity index (χ2n) is 6.32. The molecule has 0 aliphatic carbocycles. The second-order valence-corrected chi connectivity index (χ2v) is 6.32. The minimum Gasteiger partial charge on any atom is -0.497 e. The van der Waals surface area contributed by atoms with E-state index in [2.05, 4.69) is 32.1 Å². The minimum absolute atomic E-state index is 0.240.